The van der Waals surface area contributed by atoms with Gasteiger partial charge in [0.15, 0.2) is 0 Å². The summed E-state index contributed by atoms with van der Waals surface area (Å²) in [4.78, 5) is 19.1. The van der Waals surface area contributed by atoms with Gasteiger partial charge in [-0.3, -0.25) is 4.79 Å². The number of aliphatic carboxylic acids is 1. The van der Waals surface area contributed by atoms with E-state index in [0.29, 0.717) is 0 Å². The van der Waals surface area contributed by atoms with E-state index in [1.807, 2.05) is 0 Å². The minimum absolute atomic E-state index is 1.30. The maximum Gasteiger partial charge on any atom is 0.397 e. The Labute approximate surface area is 44.3 Å². The van der Waals surface area contributed by atoms with E-state index in [1.54, 1.807) is 0 Å². The molecule has 0 bridgehead atoms. The van der Waals surface area contributed by atoms with Crippen LogP contribution in [0.3, 0.4) is 0 Å². The molecule has 0 fully saturated rings. The summed E-state index contributed by atoms with van der Waals surface area (Å²) in [6.07, 6.45) is 0. The van der Waals surface area contributed by atoms with Gasteiger partial charge in [0.25, 0.3) is 0 Å². The van der Waals surface area contributed by atoms with Crippen molar-refractivity contribution in [3.63, 3.8) is 0 Å². The van der Waals surface area contributed by atoms with Crippen molar-refractivity contribution in [2.45, 2.75) is 0 Å². The van der Waals surface area contributed by atoms with Gasteiger partial charge in [-0.2, -0.15) is 0 Å². The largest absolute Gasteiger partial charge is 0.474 e. The first-order valence-corrected chi connectivity index (χ1v) is 1.65. The van der Waals surface area contributed by atoms with E-state index in [1.165, 1.54) is 0 Å². The second kappa shape index (κ2) is 2.35. The maximum atomic E-state index is 9.64. The van der Waals surface area contributed by atoms with E-state index in [2.05, 4.69) is 16.8 Å². The molecule has 4 nitrogen and oxygen atoms in total. The molecule has 0 radical (unpaired) electrons. The Kier molecular flexibility index (Phi) is 2.07. The van der Waals surface area contributed by atoms with Crippen molar-refractivity contribution in [2.75, 3.05) is 0 Å². The Balaban J connectivity index is 3.81. The molecular weight excluding hydrogens is 118 g/mol. The highest BCUT2D eigenvalue weighted by atomic mass is 32.1. The summed E-state index contributed by atoms with van der Waals surface area (Å²) in [5, 5.41) is 7.67. The van der Waals surface area contributed by atoms with Crippen molar-refractivity contribution >= 4 is 24.3 Å². The number of hydrogen-bond acceptors (Lipinski definition) is 3. The zero-order valence-electron chi connectivity index (χ0n) is 3.12. The van der Waals surface area contributed by atoms with Crippen molar-refractivity contribution < 1.29 is 14.7 Å². The third-order valence-corrected chi connectivity index (χ3v) is 0.432. The topological polar surface area (TPSA) is 66.7 Å². The Morgan fingerprint density at radius 1 is 1.57 bits per heavy atom. The second-order valence-electron chi connectivity index (χ2n) is 0.702. The van der Waals surface area contributed by atoms with E-state index >= 15 is 0 Å². The van der Waals surface area contributed by atoms with Crippen molar-refractivity contribution in [3.8, 4) is 0 Å². The van der Waals surface area contributed by atoms with Gasteiger partial charge < -0.3 is 5.11 Å². The SMILES string of the molecule is O=C(O)C(=O)N=S. The van der Waals surface area contributed by atoms with Crippen molar-refractivity contribution in [3.05, 3.63) is 0 Å². The van der Waals surface area contributed by atoms with Gasteiger partial charge in [0.2, 0.25) is 0 Å². The summed E-state index contributed by atoms with van der Waals surface area (Å²) in [6, 6.07) is 0. The van der Waals surface area contributed by atoms with Crippen molar-refractivity contribution in [2.24, 2.45) is 4.36 Å². The minimum Gasteiger partial charge on any atom is -0.474 e. The number of carboxylic acid groups (broad SMARTS) is 1. The molecule has 0 aliphatic carbocycles. The predicted octanol–water partition coefficient (Wildman–Crippen LogP) is -0.672. The zero-order valence-corrected chi connectivity index (χ0v) is 3.94. The van der Waals surface area contributed by atoms with Gasteiger partial charge in [0, 0.05) is 12.4 Å². The Morgan fingerprint density at radius 3 is 2.00 bits per heavy atom. The monoisotopic (exact) mass is 119 g/mol. The molecule has 0 heterocycles. The van der Waals surface area contributed by atoms with Crippen molar-refractivity contribution in [1.82, 2.24) is 0 Å². The highest BCUT2D eigenvalue weighted by molar-refractivity contribution is 7.48. The van der Waals surface area contributed by atoms with Crippen LogP contribution in [-0.4, -0.2) is 17.0 Å². The highest BCUT2D eigenvalue weighted by Crippen LogP contribution is 1.68. The molecule has 0 saturated heterocycles. The molecular formula is C2HNO3S. The van der Waals surface area contributed by atoms with Crippen LogP contribution < -0.4 is 0 Å². The Hall–Kier alpha value is -0.840. The molecule has 0 aromatic carbocycles. The zero-order chi connectivity index (χ0) is 5.86. The lowest BCUT2D eigenvalue weighted by atomic mass is 10.7. The van der Waals surface area contributed by atoms with Crippen LogP contribution in [0.2, 0.25) is 0 Å². The highest BCUT2D eigenvalue weighted by Gasteiger charge is 2.06. The van der Waals surface area contributed by atoms with E-state index in [9.17, 15) is 9.59 Å². The van der Waals surface area contributed by atoms with Crippen LogP contribution in [0.15, 0.2) is 4.36 Å². The average Bonchev–Trinajstić information content (AvgIpc) is 1.65. The molecule has 1 amide bonds. The summed E-state index contributed by atoms with van der Waals surface area (Å²) in [6.45, 7) is 0. The molecule has 0 atom stereocenters. The van der Waals surface area contributed by atoms with Crippen LogP contribution in [-0.2, 0) is 22.0 Å². The summed E-state index contributed by atoms with van der Waals surface area (Å²) in [5.41, 5.74) is 0. The van der Waals surface area contributed by atoms with Crippen LogP contribution in [0.25, 0.3) is 0 Å². The first-order valence-electron chi connectivity index (χ1n) is 1.29. The number of amides is 1. The minimum atomic E-state index is -1.62. The molecule has 0 aliphatic rings. The Morgan fingerprint density at radius 2 is 2.00 bits per heavy atom. The van der Waals surface area contributed by atoms with Gasteiger partial charge in [-0.1, -0.05) is 0 Å². The summed E-state index contributed by atoms with van der Waals surface area (Å²) in [7, 11) is 0. The van der Waals surface area contributed by atoms with E-state index < -0.39 is 11.9 Å². The fourth-order valence-corrected chi connectivity index (χ4v) is 0.117. The summed E-state index contributed by atoms with van der Waals surface area (Å²) >= 11 is 3.75. The molecule has 0 rings (SSSR count). The number of rotatable bonds is 0. The average molecular weight is 119 g/mol. The lowest BCUT2D eigenvalue weighted by molar-refractivity contribution is -0.148. The third-order valence-electron chi connectivity index (χ3n) is 0.266. The van der Waals surface area contributed by atoms with Gasteiger partial charge in [-0.15, -0.1) is 4.36 Å². The summed E-state index contributed by atoms with van der Waals surface area (Å²) < 4.78 is 2.43. The first kappa shape index (κ1) is 6.16. The summed E-state index contributed by atoms with van der Waals surface area (Å²) in [5.74, 6) is -2.91. The molecule has 0 aliphatic heterocycles. The second-order valence-corrected chi connectivity index (χ2v) is 0.884. The predicted molar refractivity (Wildman–Crippen MR) is 22.4 cm³/mol. The number of nitrogens with zero attached hydrogens (tertiary/aromatic N) is 1. The van der Waals surface area contributed by atoms with Gasteiger partial charge in [0.05, 0.1) is 0 Å². The number of hydrogen-bond donors (Lipinski definition) is 1. The normalized spacial score (nSPS) is 7.43. The van der Waals surface area contributed by atoms with Crippen LogP contribution in [0.4, 0.5) is 0 Å². The molecule has 1 N–H and O–H groups in total. The van der Waals surface area contributed by atoms with Crippen LogP contribution in [0.5, 0.6) is 0 Å². The molecule has 7 heavy (non-hydrogen) atoms. The molecule has 0 saturated carbocycles. The molecule has 0 unspecified atom stereocenters. The maximum absolute atomic E-state index is 9.64. The quantitative estimate of drug-likeness (QED) is 0.429. The van der Waals surface area contributed by atoms with Crippen LogP contribution in [0.1, 0.15) is 0 Å². The molecule has 5 heteroatoms. The van der Waals surface area contributed by atoms with E-state index in [-0.39, 0.29) is 0 Å². The van der Waals surface area contributed by atoms with Gasteiger partial charge in [0.1, 0.15) is 0 Å². The number of carbonyl (C=O) groups excluding carboxylic acids is 1. The molecule has 38 valence electrons. The lowest BCUT2D eigenvalue weighted by Crippen LogP contribution is -2.07. The molecule has 0 aromatic rings. The number of carbonyl (C=O) groups is 2. The first-order chi connectivity index (χ1) is 3.18. The van der Waals surface area contributed by atoms with Gasteiger partial charge in [-0.25, -0.2) is 4.79 Å². The van der Waals surface area contributed by atoms with Crippen LogP contribution >= 0.6 is 0 Å². The van der Waals surface area contributed by atoms with Crippen molar-refractivity contribution in [1.29, 1.82) is 0 Å². The number of carboxylic acids is 1. The molecule has 0 spiro atoms. The smallest absolute Gasteiger partial charge is 0.397 e. The van der Waals surface area contributed by atoms with E-state index in [0.717, 1.165) is 0 Å². The van der Waals surface area contributed by atoms with E-state index in [4.69, 9.17) is 5.11 Å². The fourth-order valence-electron chi connectivity index (χ4n) is 0.0390. The lowest BCUT2D eigenvalue weighted by Gasteiger charge is -1.73. The molecule has 0 aromatic heterocycles. The van der Waals surface area contributed by atoms with Gasteiger partial charge in [-0.05, 0) is 0 Å². The Bertz CT molecular complexity index is 120. The van der Waals surface area contributed by atoms with Gasteiger partial charge >= 0.3 is 11.9 Å². The van der Waals surface area contributed by atoms with Crippen LogP contribution in [0, 0.1) is 0 Å². The standard InChI is InChI=1S/C2HNO3S/c4-1(3-7)2(5)6/h(H,5,6). The third kappa shape index (κ3) is 1.94. The fraction of sp³-hybridized carbons (Fsp3) is 0.